The van der Waals surface area contributed by atoms with Crippen LogP contribution in [0.1, 0.15) is 10.4 Å². The summed E-state index contributed by atoms with van der Waals surface area (Å²) in [7, 11) is 0. The highest BCUT2D eigenvalue weighted by molar-refractivity contribution is 7.10. The summed E-state index contributed by atoms with van der Waals surface area (Å²) in [5.74, 6) is 1.41. The van der Waals surface area contributed by atoms with Gasteiger partial charge in [-0.25, -0.2) is 0 Å². The van der Waals surface area contributed by atoms with Crippen molar-refractivity contribution < 1.29 is 14.3 Å². The van der Waals surface area contributed by atoms with E-state index in [1.165, 1.54) is 0 Å². The van der Waals surface area contributed by atoms with Gasteiger partial charge in [0.05, 0.1) is 6.42 Å². The van der Waals surface area contributed by atoms with Crippen LogP contribution in [0.2, 0.25) is 0 Å². The monoisotopic (exact) mass is 289 g/mol. The molecule has 20 heavy (non-hydrogen) atoms. The SMILES string of the molecule is Cc1cc2c(cc1NC(=O)Cc1cccs1)OCCO2. The van der Waals surface area contributed by atoms with Crippen LogP contribution in [-0.2, 0) is 11.2 Å². The Balaban J connectivity index is 1.75. The van der Waals surface area contributed by atoms with E-state index in [1.807, 2.05) is 36.6 Å². The van der Waals surface area contributed by atoms with Gasteiger partial charge in [-0.1, -0.05) is 6.07 Å². The lowest BCUT2D eigenvalue weighted by atomic mass is 10.1. The van der Waals surface area contributed by atoms with Gasteiger partial charge in [0.1, 0.15) is 13.2 Å². The summed E-state index contributed by atoms with van der Waals surface area (Å²) in [6.45, 7) is 3.05. The Bertz CT molecular complexity index is 622. The summed E-state index contributed by atoms with van der Waals surface area (Å²) >= 11 is 1.58. The number of carbonyl (C=O) groups is 1. The number of anilines is 1. The molecule has 1 aromatic carbocycles. The van der Waals surface area contributed by atoms with Gasteiger partial charge in [-0.2, -0.15) is 0 Å². The molecule has 0 atom stereocenters. The fourth-order valence-electron chi connectivity index (χ4n) is 2.09. The first-order chi connectivity index (χ1) is 9.72. The van der Waals surface area contributed by atoms with Crippen molar-refractivity contribution in [2.45, 2.75) is 13.3 Å². The van der Waals surface area contributed by atoms with Crippen molar-refractivity contribution in [1.82, 2.24) is 0 Å². The molecule has 1 aliphatic heterocycles. The van der Waals surface area contributed by atoms with E-state index in [4.69, 9.17) is 9.47 Å². The van der Waals surface area contributed by atoms with Crippen LogP contribution in [0, 0.1) is 6.92 Å². The maximum absolute atomic E-state index is 12.0. The number of nitrogens with one attached hydrogen (secondary N) is 1. The molecule has 3 rings (SSSR count). The van der Waals surface area contributed by atoms with Crippen LogP contribution in [-0.4, -0.2) is 19.1 Å². The minimum atomic E-state index is -0.0211. The van der Waals surface area contributed by atoms with Crippen LogP contribution >= 0.6 is 11.3 Å². The molecule has 0 aliphatic carbocycles. The van der Waals surface area contributed by atoms with Gasteiger partial charge in [0.2, 0.25) is 5.91 Å². The van der Waals surface area contributed by atoms with Crippen molar-refractivity contribution in [3.63, 3.8) is 0 Å². The Hall–Kier alpha value is -2.01. The molecule has 0 fully saturated rings. The average molecular weight is 289 g/mol. The smallest absolute Gasteiger partial charge is 0.229 e. The van der Waals surface area contributed by atoms with E-state index >= 15 is 0 Å². The van der Waals surface area contributed by atoms with Gasteiger partial charge >= 0.3 is 0 Å². The Labute approximate surface area is 121 Å². The number of thiophene rings is 1. The maximum Gasteiger partial charge on any atom is 0.229 e. The summed E-state index contributed by atoms with van der Waals surface area (Å²) in [6, 6.07) is 7.63. The molecule has 2 heterocycles. The molecule has 1 N–H and O–H groups in total. The molecule has 1 amide bonds. The van der Waals surface area contributed by atoms with Crippen LogP contribution in [0.25, 0.3) is 0 Å². The van der Waals surface area contributed by atoms with Gasteiger partial charge in [-0.05, 0) is 30.0 Å². The largest absolute Gasteiger partial charge is 0.486 e. The van der Waals surface area contributed by atoms with Crippen LogP contribution in [0.15, 0.2) is 29.6 Å². The van der Waals surface area contributed by atoms with Gasteiger partial charge in [-0.15, -0.1) is 11.3 Å². The summed E-state index contributed by atoms with van der Waals surface area (Å²) in [5.41, 5.74) is 1.74. The van der Waals surface area contributed by atoms with Crippen LogP contribution in [0.4, 0.5) is 5.69 Å². The lowest BCUT2D eigenvalue weighted by Gasteiger charge is -2.20. The Morgan fingerprint density at radius 1 is 1.30 bits per heavy atom. The first-order valence-electron chi connectivity index (χ1n) is 6.45. The Morgan fingerprint density at radius 3 is 2.75 bits per heavy atom. The fraction of sp³-hybridized carbons (Fsp3) is 0.267. The van der Waals surface area contributed by atoms with Crippen molar-refractivity contribution in [1.29, 1.82) is 0 Å². The van der Waals surface area contributed by atoms with Gasteiger partial charge in [0.15, 0.2) is 11.5 Å². The predicted octanol–water partition coefficient (Wildman–Crippen LogP) is 3.01. The molecule has 5 heteroatoms. The van der Waals surface area contributed by atoms with E-state index in [2.05, 4.69) is 5.32 Å². The molecular formula is C15H15NO3S. The molecule has 0 bridgehead atoms. The predicted molar refractivity (Wildman–Crippen MR) is 78.8 cm³/mol. The van der Waals surface area contributed by atoms with Gasteiger partial charge in [-0.3, -0.25) is 4.79 Å². The zero-order valence-corrected chi connectivity index (χ0v) is 12.0. The number of ether oxygens (including phenoxy) is 2. The quantitative estimate of drug-likeness (QED) is 0.945. The van der Waals surface area contributed by atoms with E-state index in [0.29, 0.717) is 25.4 Å². The second-order valence-electron chi connectivity index (χ2n) is 4.62. The van der Waals surface area contributed by atoms with Gasteiger partial charge in [0.25, 0.3) is 0 Å². The van der Waals surface area contributed by atoms with E-state index in [0.717, 1.165) is 21.9 Å². The number of amides is 1. The highest BCUT2D eigenvalue weighted by Crippen LogP contribution is 2.35. The average Bonchev–Trinajstić information content (AvgIpc) is 2.92. The van der Waals surface area contributed by atoms with Gasteiger partial charge in [0, 0.05) is 16.6 Å². The number of rotatable bonds is 3. The molecule has 0 saturated carbocycles. The number of hydrogen-bond acceptors (Lipinski definition) is 4. The molecule has 1 aliphatic rings. The van der Waals surface area contributed by atoms with Gasteiger partial charge < -0.3 is 14.8 Å². The lowest BCUT2D eigenvalue weighted by molar-refractivity contribution is -0.115. The highest BCUT2D eigenvalue weighted by Gasteiger charge is 2.15. The topological polar surface area (TPSA) is 47.6 Å². The third-order valence-corrected chi connectivity index (χ3v) is 3.95. The van der Waals surface area contributed by atoms with Crippen molar-refractivity contribution >= 4 is 22.9 Å². The van der Waals surface area contributed by atoms with Crippen molar-refractivity contribution in [3.05, 3.63) is 40.1 Å². The summed E-state index contributed by atoms with van der Waals surface area (Å²) in [5, 5.41) is 4.90. The fourth-order valence-corrected chi connectivity index (χ4v) is 2.79. The third kappa shape index (κ3) is 2.77. The number of hydrogen-bond donors (Lipinski definition) is 1. The highest BCUT2D eigenvalue weighted by atomic mass is 32.1. The zero-order chi connectivity index (χ0) is 13.9. The molecule has 0 radical (unpaired) electrons. The Morgan fingerprint density at radius 2 is 2.05 bits per heavy atom. The molecular weight excluding hydrogens is 274 g/mol. The molecule has 0 saturated heterocycles. The van der Waals surface area contributed by atoms with Crippen molar-refractivity contribution in [2.75, 3.05) is 18.5 Å². The number of aryl methyl sites for hydroxylation is 1. The van der Waals surface area contributed by atoms with E-state index in [1.54, 1.807) is 11.3 Å². The van der Waals surface area contributed by atoms with Crippen LogP contribution in [0.3, 0.4) is 0 Å². The normalized spacial score (nSPS) is 13.1. The molecule has 1 aromatic heterocycles. The standard InChI is InChI=1S/C15H15NO3S/c1-10-7-13-14(19-5-4-18-13)9-12(10)16-15(17)8-11-3-2-6-20-11/h2-3,6-7,9H,4-5,8H2,1H3,(H,16,17). The van der Waals surface area contributed by atoms with Crippen molar-refractivity contribution in [3.8, 4) is 11.5 Å². The number of carbonyl (C=O) groups excluding carboxylic acids is 1. The molecule has 2 aromatic rings. The lowest BCUT2D eigenvalue weighted by Crippen LogP contribution is -2.18. The first-order valence-corrected chi connectivity index (χ1v) is 7.33. The van der Waals surface area contributed by atoms with Crippen LogP contribution < -0.4 is 14.8 Å². The summed E-state index contributed by atoms with van der Waals surface area (Å²) in [4.78, 5) is 13.1. The van der Waals surface area contributed by atoms with E-state index in [9.17, 15) is 4.79 Å². The van der Waals surface area contributed by atoms with Crippen LogP contribution in [0.5, 0.6) is 11.5 Å². The van der Waals surface area contributed by atoms with E-state index < -0.39 is 0 Å². The molecule has 0 spiro atoms. The van der Waals surface area contributed by atoms with Crippen molar-refractivity contribution in [2.24, 2.45) is 0 Å². The first kappa shape index (κ1) is 13.0. The molecule has 0 unspecified atom stereocenters. The third-order valence-electron chi connectivity index (χ3n) is 3.08. The molecule has 4 nitrogen and oxygen atoms in total. The summed E-state index contributed by atoms with van der Waals surface area (Å²) < 4.78 is 11.0. The Kier molecular flexibility index (Phi) is 3.60. The number of benzene rings is 1. The van der Waals surface area contributed by atoms with E-state index in [-0.39, 0.29) is 5.91 Å². The minimum Gasteiger partial charge on any atom is -0.486 e. The number of fused-ring (bicyclic) bond motifs is 1. The summed E-state index contributed by atoms with van der Waals surface area (Å²) in [6.07, 6.45) is 0.394. The minimum absolute atomic E-state index is 0.0211. The second-order valence-corrected chi connectivity index (χ2v) is 5.65. The second kappa shape index (κ2) is 5.54. The molecule has 104 valence electrons. The maximum atomic E-state index is 12.0. The zero-order valence-electron chi connectivity index (χ0n) is 11.1.